The maximum absolute atomic E-state index is 5.71. The minimum Gasteiger partial charge on any atom is -0.378 e. The molecule has 1 N–H and O–H groups in total. The van der Waals surface area contributed by atoms with Crippen molar-refractivity contribution in [3.8, 4) is 0 Å². The summed E-state index contributed by atoms with van der Waals surface area (Å²) in [6.45, 7) is 5.42. The van der Waals surface area contributed by atoms with Gasteiger partial charge in [-0.25, -0.2) is 0 Å². The average Bonchev–Trinajstić information content (AvgIpc) is 2.82. The molecule has 1 aromatic heterocycles. The fourth-order valence-electron chi connectivity index (χ4n) is 2.51. The topological polar surface area (TPSA) is 21.3 Å². The summed E-state index contributed by atoms with van der Waals surface area (Å²) >= 11 is 1.85. The van der Waals surface area contributed by atoms with Gasteiger partial charge in [-0.05, 0) is 44.1 Å². The third-order valence-corrected chi connectivity index (χ3v) is 4.33. The maximum Gasteiger partial charge on any atom is 0.0587 e. The maximum atomic E-state index is 5.71. The molecule has 1 aliphatic rings. The van der Waals surface area contributed by atoms with Crippen LogP contribution in [0.4, 0.5) is 0 Å². The molecule has 17 heavy (non-hydrogen) atoms. The van der Waals surface area contributed by atoms with Gasteiger partial charge in [-0.15, -0.1) is 11.3 Å². The normalized spacial score (nSPS) is 26.9. The lowest BCUT2D eigenvalue weighted by molar-refractivity contribution is -0.00156. The first-order valence-corrected chi connectivity index (χ1v) is 7.56. The summed E-state index contributed by atoms with van der Waals surface area (Å²) in [6, 6.07) is 5.56. The first-order chi connectivity index (χ1) is 8.28. The van der Waals surface area contributed by atoms with Crippen LogP contribution in [0.2, 0.25) is 0 Å². The van der Waals surface area contributed by atoms with Crippen LogP contribution in [0.5, 0.6) is 0 Å². The van der Waals surface area contributed by atoms with Gasteiger partial charge in [-0.1, -0.05) is 13.0 Å². The molecule has 3 atom stereocenters. The Balaban J connectivity index is 1.76. The van der Waals surface area contributed by atoms with E-state index in [-0.39, 0.29) is 0 Å². The van der Waals surface area contributed by atoms with Crippen molar-refractivity contribution < 1.29 is 4.74 Å². The van der Waals surface area contributed by atoms with Crippen molar-refractivity contribution in [3.05, 3.63) is 22.4 Å². The van der Waals surface area contributed by atoms with Gasteiger partial charge in [-0.3, -0.25) is 0 Å². The van der Waals surface area contributed by atoms with E-state index in [2.05, 4.69) is 36.7 Å². The van der Waals surface area contributed by atoms with Crippen molar-refractivity contribution in [3.63, 3.8) is 0 Å². The minimum atomic E-state index is 0.468. The Morgan fingerprint density at radius 1 is 1.59 bits per heavy atom. The Morgan fingerprint density at radius 2 is 2.47 bits per heavy atom. The van der Waals surface area contributed by atoms with Gasteiger partial charge < -0.3 is 10.1 Å². The second kappa shape index (κ2) is 6.53. The summed E-state index contributed by atoms with van der Waals surface area (Å²) in [7, 11) is 0. The monoisotopic (exact) mass is 253 g/mol. The SMILES string of the molecule is CCC1CC(NC(C)Cc2cccs2)CCO1. The Labute approximate surface area is 108 Å². The van der Waals surface area contributed by atoms with Crippen molar-refractivity contribution in [2.75, 3.05) is 6.61 Å². The second-order valence-electron chi connectivity index (χ2n) is 4.97. The van der Waals surface area contributed by atoms with E-state index in [1.54, 1.807) is 0 Å². The van der Waals surface area contributed by atoms with E-state index in [1.807, 2.05) is 11.3 Å². The molecule has 1 aliphatic heterocycles. The lowest BCUT2D eigenvalue weighted by atomic mass is 10.0. The fourth-order valence-corrected chi connectivity index (χ4v) is 3.34. The minimum absolute atomic E-state index is 0.468. The van der Waals surface area contributed by atoms with Crippen molar-refractivity contribution in [1.82, 2.24) is 5.32 Å². The molecule has 96 valence electrons. The molecule has 0 saturated carbocycles. The number of thiophene rings is 1. The standard InChI is InChI=1S/C14H23NOS/c1-3-13-10-12(6-7-16-13)15-11(2)9-14-5-4-8-17-14/h4-5,8,11-13,15H,3,6-7,9-10H2,1-2H3. The van der Waals surface area contributed by atoms with Crippen LogP contribution in [0.15, 0.2) is 17.5 Å². The van der Waals surface area contributed by atoms with Gasteiger partial charge in [0.1, 0.15) is 0 Å². The molecular weight excluding hydrogens is 230 g/mol. The van der Waals surface area contributed by atoms with E-state index < -0.39 is 0 Å². The zero-order chi connectivity index (χ0) is 12.1. The molecular formula is C14H23NOS. The summed E-state index contributed by atoms with van der Waals surface area (Å²) in [5.74, 6) is 0. The predicted octanol–water partition coefficient (Wildman–Crippen LogP) is 3.23. The molecule has 1 aromatic rings. The third-order valence-electron chi connectivity index (χ3n) is 3.43. The van der Waals surface area contributed by atoms with Gasteiger partial charge in [0.15, 0.2) is 0 Å². The van der Waals surface area contributed by atoms with Crippen LogP contribution < -0.4 is 5.32 Å². The quantitative estimate of drug-likeness (QED) is 0.870. The number of nitrogens with one attached hydrogen (secondary N) is 1. The number of hydrogen-bond donors (Lipinski definition) is 1. The van der Waals surface area contributed by atoms with E-state index >= 15 is 0 Å². The Bertz CT molecular complexity index is 312. The molecule has 0 amide bonds. The Morgan fingerprint density at radius 3 is 3.18 bits per heavy atom. The average molecular weight is 253 g/mol. The lowest BCUT2D eigenvalue weighted by Crippen LogP contribution is -2.43. The molecule has 3 unspecified atom stereocenters. The molecule has 2 heterocycles. The van der Waals surface area contributed by atoms with Crippen LogP contribution in [-0.4, -0.2) is 24.8 Å². The second-order valence-corrected chi connectivity index (χ2v) is 6.01. The van der Waals surface area contributed by atoms with Crippen molar-refractivity contribution in [2.45, 2.75) is 57.7 Å². The first-order valence-electron chi connectivity index (χ1n) is 6.68. The molecule has 0 bridgehead atoms. The molecule has 1 saturated heterocycles. The fraction of sp³-hybridized carbons (Fsp3) is 0.714. The predicted molar refractivity (Wildman–Crippen MR) is 73.7 cm³/mol. The van der Waals surface area contributed by atoms with Crippen LogP contribution in [0, 0.1) is 0 Å². The van der Waals surface area contributed by atoms with Crippen LogP contribution >= 0.6 is 11.3 Å². The molecule has 1 fully saturated rings. The van der Waals surface area contributed by atoms with Gasteiger partial charge >= 0.3 is 0 Å². The summed E-state index contributed by atoms with van der Waals surface area (Å²) in [5, 5.41) is 5.90. The summed E-state index contributed by atoms with van der Waals surface area (Å²) in [4.78, 5) is 1.48. The zero-order valence-electron chi connectivity index (χ0n) is 10.8. The number of hydrogen-bond acceptors (Lipinski definition) is 3. The van der Waals surface area contributed by atoms with Gasteiger partial charge in [0.05, 0.1) is 6.10 Å². The highest BCUT2D eigenvalue weighted by Gasteiger charge is 2.22. The molecule has 2 nitrogen and oxygen atoms in total. The molecule has 2 rings (SSSR count). The summed E-state index contributed by atoms with van der Waals surface area (Å²) in [5.41, 5.74) is 0. The highest BCUT2D eigenvalue weighted by Crippen LogP contribution is 2.18. The Kier molecular flexibility index (Phi) is 5.01. The van der Waals surface area contributed by atoms with Crippen molar-refractivity contribution >= 4 is 11.3 Å². The van der Waals surface area contributed by atoms with Crippen molar-refractivity contribution in [1.29, 1.82) is 0 Å². The molecule has 0 radical (unpaired) electrons. The Hall–Kier alpha value is -0.380. The van der Waals surface area contributed by atoms with Gasteiger partial charge in [0, 0.05) is 23.6 Å². The largest absolute Gasteiger partial charge is 0.378 e. The summed E-state index contributed by atoms with van der Waals surface area (Å²) in [6.07, 6.45) is 5.08. The van der Waals surface area contributed by atoms with Gasteiger partial charge in [0.25, 0.3) is 0 Å². The lowest BCUT2D eigenvalue weighted by Gasteiger charge is -2.31. The zero-order valence-corrected chi connectivity index (χ0v) is 11.6. The van der Waals surface area contributed by atoms with Crippen molar-refractivity contribution in [2.24, 2.45) is 0 Å². The molecule has 0 aromatic carbocycles. The van der Waals surface area contributed by atoms with Crippen LogP contribution in [0.25, 0.3) is 0 Å². The van der Waals surface area contributed by atoms with Gasteiger partial charge in [0.2, 0.25) is 0 Å². The highest BCUT2D eigenvalue weighted by atomic mass is 32.1. The van der Waals surface area contributed by atoms with E-state index in [0.717, 1.165) is 25.9 Å². The molecule has 0 aliphatic carbocycles. The number of rotatable bonds is 5. The van der Waals surface area contributed by atoms with Gasteiger partial charge in [-0.2, -0.15) is 0 Å². The van der Waals surface area contributed by atoms with Crippen LogP contribution in [0.1, 0.15) is 38.0 Å². The van der Waals surface area contributed by atoms with Crippen LogP contribution in [0.3, 0.4) is 0 Å². The molecule has 3 heteroatoms. The molecule has 0 spiro atoms. The highest BCUT2D eigenvalue weighted by molar-refractivity contribution is 7.09. The van der Waals surface area contributed by atoms with E-state index in [9.17, 15) is 0 Å². The summed E-state index contributed by atoms with van der Waals surface area (Å²) < 4.78 is 5.71. The van der Waals surface area contributed by atoms with E-state index in [1.165, 1.54) is 11.3 Å². The number of ether oxygens (including phenoxy) is 1. The van der Waals surface area contributed by atoms with Crippen LogP contribution in [-0.2, 0) is 11.2 Å². The smallest absolute Gasteiger partial charge is 0.0587 e. The third kappa shape index (κ3) is 4.09. The first kappa shape index (κ1) is 13.1. The van der Waals surface area contributed by atoms with E-state index in [4.69, 9.17) is 4.74 Å². The van der Waals surface area contributed by atoms with E-state index in [0.29, 0.717) is 18.2 Å².